The van der Waals surface area contributed by atoms with E-state index < -0.39 is 0 Å². The maximum absolute atomic E-state index is 13.4. The normalized spacial score (nSPS) is 13.9. The zero-order chi connectivity index (χ0) is 21.0. The first kappa shape index (κ1) is 19.2. The largest absolute Gasteiger partial charge is 0.340 e. The van der Waals surface area contributed by atoms with Gasteiger partial charge in [-0.05, 0) is 16.7 Å². The quantitative estimate of drug-likeness (QED) is 0.473. The van der Waals surface area contributed by atoms with E-state index in [1.165, 1.54) is 0 Å². The van der Waals surface area contributed by atoms with Gasteiger partial charge in [-0.25, -0.2) is 0 Å². The van der Waals surface area contributed by atoms with Gasteiger partial charge in [0.15, 0.2) is 5.82 Å². The number of hydrogen-bond acceptors (Lipinski definition) is 4. The van der Waals surface area contributed by atoms with E-state index >= 15 is 0 Å². The van der Waals surface area contributed by atoms with Crippen molar-refractivity contribution in [2.45, 2.75) is 18.3 Å². The van der Waals surface area contributed by atoms with Crippen LogP contribution in [0.3, 0.4) is 0 Å². The molecule has 31 heavy (non-hydrogen) atoms. The molecule has 154 valence electrons. The van der Waals surface area contributed by atoms with Crippen LogP contribution in [0.1, 0.15) is 40.2 Å². The van der Waals surface area contributed by atoms with Gasteiger partial charge in [0.25, 0.3) is 0 Å². The number of carbonyl (C=O) groups is 1. The summed E-state index contributed by atoms with van der Waals surface area (Å²) in [7, 11) is 0. The third kappa shape index (κ3) is 4.12. The lowest BCUT2D eigenvalue weighted by molar-refractivity contribution is -0.136. The Balaban J connectivity index is 1.28. The molecule has 0 saturated carbocycles. The predicted octanol–water partition coefficient (Wildman–Crippen LogP) is 4.42. The number of rotatable bonds is 6. The minimum absolute atomic E-state index is 0.0909. The van der Waals surface area contributed by atoms with Crippen molar-refractivity contribution in [3.8, 4) is 0 Å². The van der Waals surface area contributed by atoms with E-state index in [2.05, 4.69) is 10.1 Å². The zero-order valence-electron chi connectivity index (χ0n) is 17.1. The minimum Gasteiger partial charge on any atom is -0.340 e. The van der Waals surface area contributed by atoms with Crippen LogP contribution in [0.2, 0.25) is 0 Å². The highest BCUT2D eigenvalue weighted by molar-refractivity contribution is 5.88. The Labute approximate surface area is 181 Å². The fourth-order valence-electron chi connectivity index (χ4n) is 4.05. The first-order chi connectivity index (χ1) is 15.3. The lowest BCUT2D eigenvalue weighted by atomic mass is 9.88. The molecule has 1 aromatic heterocycles. The van der Waals surface area contributed by atoms with Crippen LogP contribution in [0.5, 0.6) is 0 Å². The Morgan fingerprint density at radius 2 is 1.42 bits per heavy atom. The van der Waals surface area contributed by atoms with Crippen molar-refractivity contribution in [1.29, 1.82) is 0 Å². The van der Waals surface area contributed by atoms with Crippen LogP contribution in [0.15, 0.2) is 95.5 Å². The van der Waals surface area contributed by atoms with Gasteiger partial charge in [0.2, 0.25) is 11.8 Å². The topological polar surface area (TPSA) is 59.2 Å². The van der Waals surface area contributed by atoms with Crippen LogP contribution in [0.25, 0.3) is 0 Å². The van der Waals surface area contributed by atoms with Crippen molar-refractivity contribution in [2.24, 2.45) is 0 Å². The smallest absolute Gasteiger partial charge is 0.234 e. The fourth-order valence-corrected chi connectivity index (χ4v) is 4.05. The number of likely N-dealkylation sites (tertiary alicyclic amines) is 1. The lowest BCUT2D eigenvalue weighted by Crippen LogP contribution is -2.50. The summed E-state index contributed by atoms with van der Waals surface area (Å²) in [5.74, 6) is 1.19. The number of amides is 1. The maximum atomic E-state index is 13.4. The van der Waals surface area contributed by atoms with Gasteiger partial charge in [0.1, 0.15) is 0 Å². The van der Waals surface area contributed by atoms with Crippen molar-refractivity contribution >= 4 is 5.91 Å². The molecular weight excluding hydrogens is 386 g/mol. The Morgan fingerprint density at radius 1 is 0.871 bits per heavy atom. The molecule has 0 bridgehead atoms. The number of nitrogens with zero attached hydrogens (tertiary/aromatic N) is 3. The molecule has 5 rings (SSSR count). The van der Waals surface area contributed by atoms with Crippen molar-refractivity contribution in [2.75, 3.05) is 13.1 Å². The van der Waals surface area contributed by atoms with Gasteiger partial charge in [-0.15, -0.1) is 0 Å². The summed E-state index contributed by atoms with van der Waals surface area (Å²) in [5.41, 5.74) is 3.16. The molecule has 1 aliphatic rings. The lowest BCUT2D eigenvalue weighted by Gasteiger charge is -2.39. The molecule has 0 N–H and O–H groups in total. The van der Waals surface area contributed by atoms with Gasteiger partial charge in [-0.3, -0.25) is 4.79 Å². The Bertz CT molecular complexity index is 1100. The van der Waals surface area contributed by atoms with Crippen LogP contribution in [0.4, 0.5) is 0 Å². The van der Waals surface area contributed by atoms with E-state index in [0.29, 0.717) is 31.2 Å². The molecule has 0 aliphatic carbocycles. The molecule has 3 aromatic carbocycles. The minimum atomic E-state index is -0.306. The van der Waals surface area contributed by atoms with E-state index in [1.807, 2.05) is 95.9 Å². The number of carbonyl (C=O) groups excluding carboxylic acids is 1. The molecule has 1 aliphatic heterocycles. The summed E-state index contributed by atoms with van der Waals surface area (Å²) < 4.78 is 5.50. The summed E-state index contributed by atoms with van der Waals surface area (Å²) in [6.07, 6.45) is 0.643. The molecule has 1 amide bonds. The molecule has 0 spiro atoms. The second-order valence-corrected chi connectivity index (χ2v) is 7.91. The van der Waals surface area contributed by atoms with Gasteiger partial charge in [-0.2, -0.15) is 4.98 Å². The third-order valence-corrected chi connectivity index (χ3v) is 5.74. The van der Waals surface area contributed by atoms with E-state index in [-0.39, 0.29) is 17.7 Å². The summed E-state index contributed by atoms with van der Waals surface area (Å²) in [4.78, 5) is 19.9. The summed E-state index contributed by atoms with van der Waals surface area (Å²) in [6, 6.07) is 30.0. The highest BCUT2D eigenvalue weighted by atomic mass is 16.5. The van der Waals surface area contributed by atoms with Crippen molar-refractivity contribution in [3.05, 3.63) is 119 Å². The van der Waals surface area contributed by atoms with Gasteiger partial charge in [-0.1, -0.05) is 96.2 Å². The molecule has 0 atom stereocenters. The van der Waals surface area contributed by atoms with E-state index in [9.17, 15) is 4.79 Å². The molecule has 2 heterocycles. The monoisotopic (exact) mass is 409 g/mol. The van der Waals surface area contributed by atoms with Crippen LogP contribution in [-0.2, 0) is 11.2 Å². The SMILES string of the molecule is O=C(C(c1ccccc1)c1ccccc1)N1CC(c2nc(Cc3ccccc3)no2)C1. The Kier molecular flexibility index (Phi) is 5.31. The second kappa shape index (κ2) is 8.56. The van der Waals surface area contributed by atoms with Crippen molar-refractivity contribution in [1.82, 2.24) is 15.0 Å². The average molecular weight is 409 g/mol. The van der Waals surface area contributed by atoms with E-state index in [4.69, 9.17) is 4.52 Å². The molecule has 0 unspecified atom stereocenters. The second-order valence-electron chi connectivity index (χ2n) is 7.91. The van der Waals surface area contributed by atoms with Crippen LogP contribution in [-0.4, -0.2) is 34.0 Å². The predicted molar refractivity (Wildman–Crippen MR) is 118 cm³/mol. The number of hydrogen-bond donors (Lipinski definition) is 0. The summed E-state index contributed by atoms with van der Waals surface area (Å²) in [5, 5.41) is 4.13. The molecule has 1 fully saturated rings. The van der Waals surface area contributed by atoms with Gasteiger partial charge in [0.05, 0.1) is 11.8 Å². The van der Waals surface area contributed by atoms with Gasteiger partial charge >= 0.3 is 0 Å². The molecule has 5 nitrogen and oxygen atoms in total. The van der Waals surface area contributed by atoms with Gasteiger partial charge in [0, 0.05) is 19.5 Å². The molecule has 4 aromatic rings. The first-order valence-corrected chi connectivity index (χ1v) is 10.5. The summed E-state index contributed by atoms with van der Waals surface area (Å²) >= 11 is 0. The highest BCUT2D eigenvalue weighted by Gasteiger charge is 2.39. The van der Waals surface area contributed by atoms with Crippen LogP contribution in [0, 0.1) is 0 Å². The van der Waals surface area contributed by atoms with Gasteiger partial charge < -0.3 is 9.42 Å². The summed E-state index contributed by atoms with van der Waals surface area (Å²) in [6.45, 7) is 1.20. The molecule has 1 saturated heterocycles. The molecule has 5 heteroatoms. The van der Waals surface area contributed by atoms with E-state index in [0.717, 1.165) is 16.7 Å². The highest BCUT2D eigenvalue weighted by Crippen LogP contribution is 2.33. The number of benzene rings is 3. The van der Waals surface area contributed by atoms with Crippen LogP contribution >= 0.6 is 0 Å². The third-order valence-electron chi connectivity index (χ3n) is 5.74. The Morgan fingerprint density at radius 3 is 2.00 bits per heavy atom. The first-order valence-electron chi connectivity index (χ1n) is 10.5. The number of aromatic nitrogens is 2. The molecule has 0 radical (unpaired) electrons. The maximum Gasteiger partial charge on any atom is 0.234 e. The molecular formula is C26H23N3O2. The Hall–Kier alpha value is -3.73. The van der Waals surface area contributed by atoms with Crippen molar-refractivity contribution in [3.63, 3.8) is 0 Å². The van der Waals surface area contributed by atoms with Crippen LogP contribution < -0.4 is 0 Å². The van der Waals surface area contributed by atoms with E-state index in [1.54, 1.807) is 0 Å². The zero-order valence-corrected chi connectivity index (χ0v) is 17.1. The average Bonchev–Trinajstić information content (AvgIpc) is 3.23. The standard InChI is InChI=1S/C26H23N3O2/c30-26(24(20-12-6-2-7-13-20)21-14-8-3-9-15-21)29-17-22(18-29)25-27-23(28-31-25)16-19-10-4-1-5-11-19/h1-15,22,24H,16-18H2. The fraction of sp³-hybridized carbons (Fsp3) is 0.192. The van der Waals surface area contributed by atoms with Crippen molar-refractivity contribution < 1.29 is 9.32 Å².